The van der Waals surface area contributed by atoms with Gasteiger partial charge in [-0.15, -0.1) is 22.7 Å². The van der Waals surface area contributed by atoms with Crippen molar-refractivity contribution in [1.82, 2.24) is 0 Å². The van der Waals surface area contributed by atoms with Gasteiger partial charge in [0, 0.05) is 84.6 Å². The summed E-state index contributed by atoms with van der Waals surface area (Å²) in [5.74, 6) is 0. The van der Waals surface area contributed by atoms with Crippen LogP contribution in [0.2, 0.25) is 0 Å². The summed E-state index contributed by atoms with van der Waals surface area (Å²) in [7, 11) is 0. The Morgan fingerprint density at radius 2 is 0.645 bits per heavy atom. The molecule has 0 aliphatic heterocycles. The number of para-hydroxylation sites is 6. The van der Waals surface area contributed by atoms with Gasteiger partial charge >= 0.3 is 0 Å². The SMILES string of the molecule is c1ccc(-c2c3cc4sc5cc(N(c6ccccc6)c6cccc7c6oc6ccccc67)ccc5c4c(-c4ccccc4)c3cc3sc4cc(N(c5ccccc5)c5cccc6c5oc5ccccc56)ccc4c23)cc1. The standard InChI is InChI=1S/C70H42N2O2S2/c1-5-19-43(20-6-1)65-55-41-64-68(54-38-36-48(40-62(54)76-64)72(46-25-11-4-12-26-46)58-32-18-30-52-50-28-14-16-34-60(50)74-70(52)58)66(44-21-7-2-8-22-44)56(55)42-63-67(65)53-37-35-47(39-61(53)75-63)71(45-23-9-3-10-24-45)57-31-17-29-51-49-27-13-15-33-59(49)73-69(51)57/h1-42H. The first-order valence-electron chi connectivity index (χ1n) is 25.6. The summed E-state index contributed by atoms with van der Waals surface area (Å²) >= 11 is 3.74. The molecule has 0 aliphatic carbocycles. The minimum Gasteiger partial charge on any atom is -0.454 e. The summed E-state index contributed by atoms with van der Waals surface area (Å²) in [4.78, 5) is 4.69. The quantitative estimate of drug-likeness (QED) is 0.152. The average Bonchev–Trinajstić information content (AvgIpc) is 4.34. The van der Waals surface area contributed by atoms with Crippen molar-refractivity contribution in [2.24, 2.45) is 0 Å². The van der Waals surface area contributed by atoms with E-state index < -0.39 is 0 Å². The van der Waals surface area contributed by atoms with E-state index in [2.05, 4.69) is 252 Å². The van der Waals surface area contributed by atoms with E-state index in [4.69, 9.17) is 8.83 Å². The zero-order chi connectivity index (χ0) is 49.8. The molecule has 0 saturated carbocycles. The number of benzene rings is 12. The minimum atomic E-state index is 0.868. The third kappa shape index (κ3) is 6.61. The van der Waals surface area contributed by atoms with Gasteiger partial charge in [-0.25, -0.2) is 0 Å². The number of thiophene rings is 2. The Labute approximate surface area is 444 Å². The van der Waals surface area contributed by atoms with Crippen LogP contribution in [-0.2, 0) is 0 Å². The molecule has 16 aromatic rings. The number of fused-ring (bicyclic) bond motifs is 13. The van der Waals surface area contributed by atoms with E-state index in [0.717, 1.165) is 78.0 Å². The summed E-state index contributed by atoms with van der Waals surface area (Å²) in [5, 5.41) is 11.9. The summed E-state index contributed by atoms with van der Waals surface area (Å²) in [6, 6.07) is 92.0. The summed E-state index contributed by atoms with van der Waals surface area (Å²) in [6.45, 7) is 0. The maximum Gasteiger partial charge on any atom is 0.159 e. The van der Waals surface area contributed by atoms with Crippen LogP contribution < -0.4 is 9.80 Å². The fraction of sp³-hybridized carbons (Fsp3) is 0. The van der Waals surface area contributed by atoms with Gasteiger partial charge in [-0.2, -0.15) is 0 Å². The van der Waals surface area contributed by atoms with Crippen LogP contribution >= 0.6 is 22.7 Å². The van der Waals surface area contributed by atoms with Crippen molar-refractivity contribution in [2.75, 3.05) is 9.80 Å². The van der Waals surface area contributed by atoms with Crippen molar-refractivity contribution in [3.63, 3.8) is 0 Å². The second-order valence-corrected chi connectivity index (χ2v) is 21.7. The highest BCUT2D eigenvalue weighted by Gasteiger charge is 2.26. The first-order chi connectivity index (χ1) is 37.7. The van der Waals surface area contributed by atoms with Crippen LogP contribution in [0.4, 0.5) is 34.1 Å². The van der Waals surface area contributed by atoms with Gasteiger partial charge in [0.05, 0.1) is 11.4 Å². The Kier molecular flexibility index (Phi) is 9.64. The maximum atomic E-state index is 6.68. The van der Waals surface area contributed by atoms with Gasteiger partial charge in [-0.1, -0.05) is 170 Å². The van der Waals surface area contributed by atoms with Crippen molar-refractivity contribution in [2.45, 2.75) is 0 Å². The van der Waals surface area contributed by atoms with Crippen LogP contribution in [0.1, 0.15) is 0 Å². The van der Waals surface area contributed by atoms with Crippen LogP contribution in [0.5, 0.6) is 0 Å². The van der Waals surface area contributed by atoms with Gasteiger partial charge in [0.15, 0.2) is 11.2 Å². The fourth-order valence-corrected chi connectivity index (χ4v) is 14.3. The number of furan rings is 2. The van der Waals surface area contributed by atoms with Crippen molar-refractivity contribution >= 4 is 152 Å². The Morgan fingerprint density at radius 1 is 0.263 bits per heavy atom. The zero-order valence-electron chi connectivity index (χ0n) is 40.8. The molecule has 0 saturated heterocycles. The summed E-state index contributed by atoms with van der Waals surface area (Å²) < 4.78 is 18.3. The van der Waals surface area contributed by atoms with Gasteiger partial charge in [-0.05, 0) is 118 Å². The highest BCUT2D eigenvalue weighted by Crippen LogP contribution is 2.53. The van der Waals surface area contributed by atoms with Crippen LogP contribution in [0.25, 0.3) is 117 Å². The molecule has 4 nitrogen and oxygen atoms in total. The lowest BCUT2D eigenvalue weighted by Gasteiger charge is -2.25. The largest absolute Gasteiger partial charge is 0.454 e. The van der Waals surface area contributed by atoms with E-state index in [1.807, 2.05) is 34.8 Å². The molecule has 0 N–H and O–H groups in total. The van der Waals surface area contributed by atoms with Gasteiger partial charge < -0.3 is 18.6 Å². The van der Waals surface area contributed by atoms with Crippen molar-refractivity contribution in [3.05, 3.63) is 255 Å². The summed E-state index contributed by atoms with van der Waals surface area (Å²) in [6.07, 6.45) is 0. The van der Waals surface area contributed by atoms with E-state index in [0.29, 0.717) is 0 Å². The lowest BCUT2D eigenvalue weighted by atomic mass is 9.87. The molecule has 4 aromatic heterocycles. The predicted molar refractivity (Wildman–Crippen MR) is 325 cm³/mol. The number of hydrogen-bond donors (Lipinski definition) is 0. The van der Waals surface area contributed by atoms with Crippen molar-refractivity contribution < 1.29 is 8.83 Å². The van der Waals surface area contributed by atoms with Crippen molar-refractivity contribution in [1.29, 1.82) is 0 Å². The van der Waals surface area contributed by atoms with Gasteiger partial charge in [0.2, 0.25) is 0 Å². The van der Waals surface area contributed by atoms with Crippen molar-refractivity contribution in [3.8, 4) is 22.3 Å². The lowest BCUT2D eigenvalue weighted by molar-refractivity contribution is 0.668. The third-order valence-corrected chi connectivity index (χ3v) is 17.4. The first kappa shape index (κ1) is 43.0. The average molecular weight is 1010 g/mol. The Hall–Kier alpha value is -9.46. The number of anilines is 6. The predicted octanol–water partition coefficient (Wildman–Crippen LogP) is 21.6. The second-order valence-electron chi connectivity index (χ2n) is 19.5. The first-order valence-corrected chi connectivity index (χ1v) is 27.3. The second kappa shape index (κ2) is 17.0. The van der Waals surface area contributed by atoms with Gasteiger partial charge in [0.1, 0.15) is 11.2 Å². The van der Waals surface area contributed by atoms with E-state index >= 15 is 0 Å². The van der Waals surface area contributed by atoms with Crippen LogP contribution in [0.3, 0.4) is 0 Å². The topological polar surface area (TPSA) is 32.8 Å². The number of rotatable bonds is 8. The van der Waals surface area contributed by atoms with E-state index in [-0.39, 0.29) is 0 Å². The molecule has 0 aliphatic rings. The Bertz CT molecular complexity index is 4630. The molecule has 6 heteroatoms. The Morgan fingerprint density at radius 3 is 1.08 bits per heavy atom. The molecule has 12 aromatic carbocycles. The summed E-state index contributed by atoms with van der Waals surface area (Å²) in [5.41, 5.74) is 14.7. The smallest absolute Gasteiger partial charge is 0.159 e. The molecule has 76 heavy (non-hydrogen) atoms. The monoisotopic (exact) mass is 1010 g/mol. The van der Waals surface area contributed by atoms with E-state index in [9.17, 15) is 0 Å². The molecular weight excluding hydrogens is 965 g/mol. The van der Waals surface area contributed by atoms with E-state index in [1.165, 1.54) is 73.4 Å². The van der Waals surface area contributed by atoms with Crippen LogP contribution in [0, 0.1) is 0 Å². The molecule has 0 atom stereocenters. The molecule has 0 bridgehead atoms. The highest BCUT2D eigenvalue weighted by molar-refractivity contribution is 7.26. The van der Waals surface area contributed by atoms with E-state index in [1.54, 1.807) is 0 Å². The fourth-order valence-electron chi connectivity index (χ4n) is 11.9. The zero-order valence-corrected chi connectivity index (χ0v) is 42.4. The van der Waals surface area contributed by atoms with Crippen LogP contribution in [0.15, 0.2) is 264 Å². The molecular formula is C70H42N2O2S2. The Balaban J connectivity index is 0.932. The molecule has 0 spiro atoms. The van der Waals surface area contributed by atoms with Gasteiger partial charge in [-0.3, -0.25) is 0 Å². The number of hydrogen-bond acceptors (Lipinski definition) is 6. The molecule has 0 radical (unpaired) electrons. The van der Waals surface area contributed by atoms with Crippen LogP contribution in [-0.4, -0.2) is 0 Å². The molecule has 0 fully saturated rings. The molecule has 16 rings (SSSR count). The minimum absolute atomic E-state index is 0.868. The molecule has 0 amide bonds. The molecule has 4 heterocycles. The van der Waals surface area contributed by atoms with Gasteiger partial charge in [0.25, 0.3) is 0 Å². The number of nitrogens with zero attached hydrogens (tertiary/aromatic N) is 2. The third-order valence-electron chi connectivity index (χ3n) is 15.2. The molecule has 356 valence electrons. The maximum absolute atomic E-state index is 6.68. The normalized spacial score (nSPS) is 11.9. The highest BCUT2D eigenvalue weighted by atomic mass is 32.1. The lowest BCUT2D eigenvalue weighted by Crippen LogP contribution is -2.09. The molecule has 0 unspecified atom stereocenters.